The van der Waals surface area contributed by atoms with Gasteiger partial charge in [-0.15, -0.1) is 0 Å². The number of rotatable bonds is 4. The molecule has 0 atom stereocenters. The first kappa shape index (κ1) is 14.5. The van der Waals surface area contributed by atoms with Gasteiger partial charge in [0.25, 0.3) is 5.69 Å². The Morgan fingerprint density at radius 3 is 2.81 bits per heavy atom. The fourth-order valence-corrected chi connectivity index (χ4v) is 1.58. The molecule has 0 aromatic carbocycles. The molecule has 0 spiro atoms. The van der Waals surface area contributed by atoms with E-state index in [9.17, 15) is 10.1 Å². The molecule has 0 fully saturated rings. The average molecular weight is 310 g/mol. The summed E-state index contributed by atoms with van der Waals surface area (Å²) in [5.41, 5.74) is 5.10. The van der Waals surface area contributed by atoms with E-state index in [4.69, 9.17) is 27.3 Å². The Morgan fingerprint density at radius 1 is 1.43 bits per heavy atom. The lowest BCUT2D eigenvalue weighted by molar-refractivity contribution is -0.385. The largest absolute Gasteiger partial charge is 0.437 e. The molecule has 0 saturated carbocycles. The lowest BCUT2D eigenvalue weighted by Crippen LogP contribution is -2.15. The molecule has 10 heteroatoms. The van der Waals surface area contributed by atoms with Crippen LogP contribution < -0.4 is 10.5 Å². The molecule has 0 bridgehead atoms. The topological polar surface area (TPSA) is 137 Å². The first-order chi connectivity index (χ1) is 10.0. The van der Waals surface area contributed by atoms with Crippen molar-refractivity contribution in [3.05, 3.63) is 51.4 Å². The van der Waals surface area contributed by atoms with Gasteiger partial charge in [0.1, 0.15) is 11.9 Å². The van der Waals surface area contributed by atoms with E-state index in [1.165, 1.54) is 18.5 Å². The average Bonchev–Trinajstić information content (AvgIpc) is 2.46. The fraction of sp³-hybridized carbons (Fsp3) is 0. The van der Waals surface area contributed by atoms with Gasteiger partial charge in [-0.05, 0) is 0 Å². The number of nitrogens with two attached hydrogens (primary N) is 1. The summed E-state index contributed by atoms with van der Waals surface area (Å²) in [6.45, 7) is 0. The number of amidine groups is 1. The minimum absolute atomic E-state index is 0.0355. The maximum atomic E-state index is 10.7. The molecule has 2 heterocycles. The lowest BCUT2D eigenvalue weighted by atomic mass is 10.2. The second kappa shape index (κ2) is 6.01. The number of hydrogen-bond donors (Lipinski definition) is 2. The van der Waals surface area contributed by atoms with E-state index < -0.39 is 4.92 Å². The van der Waals surface area contributed by atoms with Crippen molar-refractivity contribution in [1.82, 2.24) is 9.97 Å². The lowest BCUT2D eigenvalue weighted by Gasteiger charge is -2.08. The van der Waals surface area contributed by atoms with E-state index >= 15 is 0 Å². The number of hydrogen-bond acceptors (Lipinski definition) is 7. The molecular weight excluding hydrogens is 302 g/mol. The Hall–Kier alpha value is -2.94. The third kappa shape index (κ3) is 3.34. The van der Waals surface area contributed by atoms with Gasteiger partial charge >= 0.3 is 0 Å². The molecule has 0 aliphatic heterocycles. The number of aromatic nitrogens is 2. The first-order valence-corrected chi connectivity index (χ1v) is 5.80. The zero-order valence-electron chi connectivity index (χ0n) is 10.3. The summed E-state index contributed by atoms with van der Waals surface area (Å²) in [6.07, 6.45) is 3.76. The second-order valence-corrected chi connectivity index (χ2v) is 4.17. The smallest absolute Gasteiger partial charge is 0.288 e. The summed E-state index contributed by atoms with van der Waals surface area (Å²) in [6, 6.07) is 2.54. The normalized spacial score (nSPS) is 11.2. The molecule has 108 valence electrons. The summed E-state index contributed by atoms with van der Waals surface area (Å²) in [4.78, 5) is 17.7. The van der Waals surface area contributed by atoms with Crippen LogP contribution in [-0.4, -0.2) is 25.9 Å². The van der Waals surface area contributed by atoms with Gasteiger partial charge < -0.3 is 15.7 Å². The molecule has 3 N–H and O–H groups in total. The van der Waals surface area contributed by atoms with Crippen LogP contribution in [0.25, 0.3) is 0 Å². The van der Waals surface area contributed by atoms with E-state index in [0.29, 0.717) is 5.02 Å². The molecule has 0 radical (unpaired) electrons. The minimum Gasteiger partial charge on any atom is -0.437 e. The predicted octanol–water partition coefficient (Wildman–Crippen LogP) is 1.92. The van der Waals surface area contributed by atoms with Crippen molar-refractivity contribution >= 4 is 23.1 Å². The zero-order valence-corrected chi connectivity index (χ0v) is 11.1. The van der Waals surface area contributed by atoms with Crippen molar-refractivity contribution in [1.29, 1.82) is 0 Å². The van der Waals surface area contributed by atoms with Crippen LogP contribution in [0, 0.1) is 10.1 Å². The predicted molar refractivity (Wildman–Crippen MR) is 72.7 cm³/mol. The van der Waals surface area contributed by atoms with Crippen molar-refractivity contribution in [3.8, 4) is 11.6 Å². The van der Waals surface area contributed by atoms with Crippen LogP contribution in [0.15, 0.2) is 35.9 Å². The quantitative estimate of drug-likeness (QED) is 0.289. The second-order valence-electron chi connectivity index (χ2n) is 3.73. The maximum Gasteiger partial charge on any atom is 0.288 e. The van der Waals surface area contributed by atoms with Gasteiger partial charge in [-0.3, -0.25) is 15.1 Å². The Kier molecular flexibility index (Phi) is 4.14. The Labute approximate surface area is 122 Å². The molecular formula is C11H8ClN5O4. The number of pyridine rings is 2. The van der Waals surface area contributed by atoms with Crippen LogP contribution in [0.5, 0.6) is 11.6 Å². The number of halogens is 1. The van der Waals surface area contributed by atoms with Crippen LogP contribution in [0.4, 0.5) is 5.69 Å². The van der Waals surface area contributed by atoms with Gasteiger partial charge in [-0.25, -0.2) is 4.98 Å². The number of ether oxygens (including phenoxy) is 1. The van der Waals surface area contributed by atoms with Gasteiger partial charge in [0, 0.05) is 18.3 Å². The highest BCUT2D eigenvalue weighted by molar-refractivity contribution is 6.30. The molecule has 21 heavy (non-hydrogen) atoms. The molecule has 2 rings (SSSR count). The molecule has 2 aromatic rings. The summed E-state index contributed by atoms with van der Waals surface area (Å²) >= 11 is 5.77. The third-order valence-electron chi connectivity index (χ3n) is 2.33. The summed E-state index contributed by atoms with van der Waals surface area (Å²) in [5.74, 6) is -0.216. The fourth-order valence-electron chi connectivity index (χ4n) is 1.42. The van der Waals surface area contributed by atoms with Crippen molar-refractivity contribution < 1.29 is 14.9 Å². The van der Waals surface area contributed by atoms with Crippen LogP contribution >= 0.6 is 11.6 Å². The van der Waals surface area contributed by atoms with Gasteiger partial charge in [-0.2, -0.15) is 0 Å². The van der Waals surface area contributed by atoms with Gasteiger partial charge in [-0.1, -0.05) is 16.8 Å². The van der Waals surface area contributed by atoms with Crippen LogP contribution in [-0.2, 0) is 0 Å². The van der Waals surface area contributed by atoms with Crippen LogP contribution in [0.2, 0.25) is 5.02 Å². The van der Waals surface area contributed by atoms with Gasteiger partial charge in [0.2, 0.25) is 5.88 Å². The molecule has 0 unspecified atom stereocenters. The van der Waals surface area contributed by atoms with E-state index in [1.54, 1.807) is 0 Å². The van der Waals surface area contributed by atoms with Gasteiger partial charge in [0.05, 0.1) is 21.7 Å². The molecule has 2 aromatic heterocycles. The van der Waals surface area contributed by atoms with Gasteiger partial charge in [0.15, 0.2) is 5.84 Å². The number of oxime groups is 1. The SMILES string of the molecule is NC(=NO)c1cc([N+](=O)[O-])cnc1Oc1cncc(Cl)c1. The Balaban J connectivity index is 2.45. The van der Waals surface area contributed by atoms with E-state index in [-0.39, 0.29) is 28.7 Å². The molecule has 9 nitrogen and oxygen atoms in total. The van der Waals surface area contributed by atoms with E-state index in [0.717, 1.165) is 12.3 Å². The van der Waals surface area contributed by atoms with Crippen molar-refractivity contribution in [2.75, 3.05) is 0 Å². The van der Waals surface area contributed by atoms with Crippen molar-refractivity contribution in [2.24, 2.45) is 10.9 Å². The van der Waals surface area contributed by atoms with Crippen LogP contribution in [0.3, 0.4) is 0 Å². The summed E-state index contributed by atoms with van der Waals surface area (Å²) in [7, 11) is 0. The molecule has 0 aliphatic carbocycles. The number of nitro groups is 1. The molecule has 0 aliphatic rings. The minimum atomic E-state index is -0.661. The molecule has 0 amide bonds. The number of nitrogens with zero attached hydrogens (tertiary/aromatic N) is 4. The van der Waals surface area contributed by atoms with E-state index in [2.05, 4.69) is 15.1 Å². The Morgan fingerprint density at radius 2 is 2.19 bits per heavy atom. The highest BCUT2D eigenvalue weighted by Gasteiger charge is 2.17. The van der Waals surface area contributed by atoms with Crippen molar-refractivity contribution in [3.63, 3.8) is 0 Å². The third-order valence-corrected chi connectivity index (χ3v) is 2.53. The van der Waals surface area contributed by atoms with E-state index in [1.807, 2.05) is 0 Å². The van der Waals surface area contributed by atoms with Crippen LogP contribution in [0.1, 0.15) is 5.56 Å². The Bertz CT molecular complexity index is 722. The standard InChI is InChI=1S/C11H8ClN5O4/c12-6-1-8(5-14-3-6)21-11-9(10(13)16-18)2-7(4-15-11)17(19)20/h1-5,18H,(H2,13,16). The highest BCUT2D eigenvalue weighted by Crippen LogP contribution is 2.26. The summed E-state index contributed by atoms with van der Waals surface area (Å²) in [5, 5.41) is 22.6. The first-order valence-electron chi connectivity index (χ1n) is 5.42. The molecule has 0 saturated heterocycles. The summed E-state index contributed by atoms with van der Waals surface area (Å²) < 4.78 is 5.40. The zero-order chi connectivity index (χ0) is 15.4. The monoisotopic (exact) mass is 309 g/mol. The highest BCUT2D eigenvalue weighted by atomic mass is 35.5. The maximum absolute atomic E-state index is 10.7. The van der Waals surface area contributed by atoms with Crippen molar-refractivity contribution in [2.45, 2.75) is 0 Å².